The minimum Gasteiger partial charge on any atom is -0.400 e. The Kier molecular flexibility index (Phi) is 4.31. The van der Waals surface area contributed by atoms with Gasteiger partial charge in [-0.25, -0.2) is 4.99 Å². The third-order valence-corrected chi connectivity index (χ3v) is 3.70. The first kappa shape index (κ1) is 15.3. The maximum Gasteiger partial charge on any atom is 0.490 e. The molecule has 100 valence electrons. The number of aliphatic imine (C=N–C) groups is 1. The molecule has 0 aromatic carbocycles. The maximum absolute atomic E-state index is 5.98. The van der Waals surface area contributed by atoms with Crippen molar-refractivity contribution >= 4 is 25.4 Å². The lowest BCUT2D eigenvalue weighted by Crippen LogP contribution is -2.41. The van der Waals surface area contributed by atoms with Crippen LogP contribution in [0.1, 0.15) is 34.6 Å². The second-order valence-corrected chi connectivity index (χ2v) is 5.78. The number of allylic oxidation sites excluding steroid dienone is 3. The molecule has 6 heteroatoms. The molecule has 0 unspecified atom stereocenters. The highest BCUT2D eigenvalue weighted by Gasteiger charge is 2.51. The molecule has 18 heavy (non-hydrogen) atoms. The third kappa shape index (κ3) is 2.97. The number of hydrogen-bond donors (Lipinski definition) is 1. The van der Waals surface area contributed by atoms with E-state index in [2.05, 4.69) is 11.7 Å². The van der Waals surface area contributed by atoms with Gasteiger partial charge in [0.2, 0.25) is 0 Å². The summed E-state index contributed by atoms with van der Waals surface area (Å²) in [5, 5.41) is 0.331. The number of rotatable bonds is 3. The minimum absolute atomic E-state index is 0.188. The molecule has 0 aromatic rings. The molecule has 1 heterocycles. The van der Waals surface area contributed by atoms with Crippen molar-refractivity contribution in [2.24, 2.45) is 10.7 Å². The first-order valence-electron chi connectivity index (χ1n) is 5.76. The molecule has 0 aromatic heterocycles. The topological polar surface area (TPSA) is 56.8 Å². The average Bonchev–Trinajstić information content (AvgIpc) is 2.47. The summed E-state index contributed by atoms with van der Waals surface area (Å²) in [4.78, 5) is 3.57. The van der Waals surface area contributed by atoms with Crippen molar-refractivity contribution in [1.29, 1.82) is 0 Å². The molecular formula is C12H20BClN2O2. The Morgan fingerprint density at radius 3 is 2.11 bits per heavy atom. The second kappa shape index (κ2) is 5.07. The standard InChI is InChI=1S/C12H20BClN2O2/c1-8(7-9(14)10(15)16-6)13-17-11(2,3)12(4,5)18-13/h7H,6,15H2,1-5H3/b8-7+,10-9+. The lowest BCUT2D eigenvalue weighted by Gasteiger charge is -2.32. The van der Waals surface area contributed by atoms with Crippen molar-refractivity contribution in [1.82, 2.24) is 0 Å². The molecule has 1 fully saturated rings. The number of nitrogens with two attached hydrogens (primary N) is 1. The van der Waals surface area contributed by atoms with Crippen LogP contribution in [-0.4, -0.2) is 25.0 Å². The summed E-state index contributed by atoms with van der Waals surface area (Å²) in [6.45, 7) is 13.2. The lowest BCUT2D eigenvalue weighted by atomic mass is 9.79. The zero-order valence-electron chi connectivity index (χ0n) is 11.6. The number of nitrogens with zero attached hydrogens (tertiary/aromatic N) is 1. The monoisotopic (exact) mass is 270 g/mol. The van der Waals surface area contributed by atoms with Gasteiger partial charge in [0.25, 0.3) is 0 Å². The molecule has 0 atom stereocenters. The smallest absolute Gasteiger partial charge is 0.400 e. The van der Waals surface area contributed by atoms with Gasteiger partial charge in [0.1, 0.15) is 5.82 Å². The molecule has 0 aliphatic carbocycles. The Labute approximate surface area is 114 Å². The molecule has 0 radical (unpaired) electrons. The maximum atomic E-state index is 5.98. The van der Waals surface area contributed by atoms with Gasteiger partial charge in [0.05, 0.1) is 16.2 Å². The summed E-state index contributed by atoms with van der Waals surface area (Å²) in [5.41, 5.74) is 5.66. The molecule has 1 rings (SSSR count). The summed E-state index contributed by atoms with van der Waals surface area (Å²) in [5.74, 6) is 0.188. The molecule has 0 bridgehead atoms. The Morgan fingerprint density at radius 2 is 1.72 bits per heavy atom. The van der Waals surface area contributed by atoms with Crippen molar-refractivity contribution in [3.05, 3.63) is 22.4 Å². The first-order valence-corrected chi connectivity index (χ1v) is 6.14. The van der Waals surface area contributed by atoms with Gasteiger partial charge in [-0.05, 0) is 52.9 Å². The van der Waals surface area contributed by atoms with Gasteiger partial charge >= 0.3 is 7.12 Å². The zero-order chi connectivity index (χ0) is 14.1. The van der Waals surface area contributed by atoms with E-state index in [1.165, 1.54) is 0 Å². The second-order valence-electron chi connectivity index (χ2n) is 5.37. The summed E-state index contributed by atoms with van der Waals surface area (Å²) in [6, 6.07) is 0. The Bertz CT molecular complexity index is 400. The number of halogens is 1. The van der Waals surface area contributed by atoms with E-state index in [4.69, 9.17) is 26.6 Å². The Balaban J connectivity index is 2.93. The van der Waals surface area contributed by atoms with Crippen LogP contribution in [0.25, 0.3) is 0 Å². The van der Waals surface area contributed by atoms with Gasteiger partial charge in [-0.15, -0.1) is 0 Å². The van der Waals surface area contributed by atoms with Gasteiger partial charge < -0.3 is 15.0 Å². The highest BCUT2D eigenvalue weighted by Crippen LogP contribution is 2.38. The van der Waals surface area contributed by atoms with Crippen molar-refractivity contribution in [2.75, 3.05) is 0 Å². The summed E-state index contributed by atoms with van der Waals surface area (Å²) >= 11 is 5.98. The highest BCUT2D eigenvalue weighted by atomic mass is 35.5. The molecule has 0 amide bonds. The summed E-state index contributed by atoms with van der Waals surface area (Å²) in [7, 11) is -0.429. The van der Waals surface area contributed by atoms with Crippen LogP contribution in [-0.2, 0) is 9.31 Å². The van der Waals surface area contributed by atoms with Crippen molar-refractivity contribution < 1.29 is 9.31 Å². The average molecular weight is 271 g/mol. The van der Waals surface area contributed by atoms with E-state index in [0.29, 0.717) is 5.03 Å². The van der Waals surface area contributed by atoms with Crippen molar-refractivity contribution in [3.8, 4) is 0 Å². The summed E-state index contributed by atoms with van der Waals surface area (Å²) < 4.78 is 11.8. The molecule has 1 saturated heterocycles. The van der Waals surface area contributed by atoms with E-state index < -0.39 is 7.12 Å². The molecule has 1 aliphatic rings. The van der Waals surface area contributed by atoms with Crippen molar-refractivity contribution in [2.45, 2.75) is 45.8 Å². The van der Waals surface area contributed by atoms with Crippen molar-refractivity contribution in [3.63, 3.8) is 0 Å². The van der Waals surface area contributed by atoms with Crippen LogP contribution in [0.15, 0.2) is 27.4 Å². The Hall–Kier alpha value is -0.775. The van der Waals surface area contributed by atoms with E-state index in [1.54, 1.807) is 6.08 Å². The van der Waals surface area contributed by atoms with Gasteiger partial charge in [0.15, 0.2) is 0 Å². The summed E-state index contributed by atoms with van der Waals surface area (Å²) in [6.07, 6.45) is 1.69. The molecule has 2 N–H and O–H groups in total. The SMILES string of the molecule is C=N/C(N)=C(Cl)\C=C(/C)B1OC(C)(C)C(C)(C)O1. The molecule has 4 nitrogen and oxygen atoms in total. The molecule has 1 aliphatic heterocycles. The normalized spacial score (nSPS) is 23.9. The quantitative estimate of drug-likeness (QED) is 0.487. The molecular weight excluding hydrogens is 250 g/mol. The largest absolute Gasteiger partial charge is 0.490 e. The van der Waals surface area contributed by atoms with E-state index in [-0.39, 0.29) is 17.0 Å². The van der Waals surface area contributed by atoms with Crippen LogP contribution in [0.4, 0.5) is 0 Å². The van der Waals surface area contributed by atoms with E-state index in [0.717, 1.165) is 5.47 Å². The van der Waals surface area contributed by atoms with Gasteiger partial charge in [0, 0.05) is 0 Å². The van der Waals surface area contributed by atoms with E-state index >= 15 is 0 Å². The van der Waals surface area contributed by atoms with E-state index in [9.17, 15) is 0 Å². The van der Waals surface area contributed by atoms with Gasteiger partial charge in [-0.3, -0.25) is 0 Å². The van der Waals surface area contributed by atoms with Crippen LogP contribution in [0.5, 0.6) is 0 Å². The highest BCUT2D eigenvalue weighted by molar-refractivity contribution is 6.54. The van der Waals surface area contributed by atoms with Gasteiger partial charge in [-0.1, -0.05) is 11.6 Å². The molecule has 0 saturated carbocycles. The predicted octanol–water partition coefficient (Wildman–Crippen LogP) is 2.63. The predicted molar refractivity (Wildman–Crippen MR) is 76.5 cm³/mol. The molecule has 0 spiro atoms. The van der Waals surface area contributed by atoms with Gasteiger partial charge in [-0.2, -0.15) is 0 Å². The lowest BCUT2D eigenvalue weighted by molar-refractivity contribution is 0.00578. The van der Waals surface area contributed by atoms with Crippen LogP contribution in [0.3, 0.4) is 0 Å². The first-order chi connectivity index (χ1) is 8.10. The Morgan fingerprint density at radius 1 is 1.28 bits per heavy atom. The fourth-order valence-corrected chi connectivity index (χ4v) is 1.68. The fourth-order valence-electron chi connectivity index (χ4n) is 1.45. The zero-order valence-corrected chi connectivity index (χ0v) is 12.3. The van der Waals surface area contributed by atoms with Crippen LogP contribution in [0, 0.1) is 0 Å². The fraction of sp³-hybridized carbons (Fsp3) is 0.583. The van der Waals surface area contributed by atoms with E-state index in [1.807, 2.05) is 34.6 Å². The number of hydrogen-bond acceptors (Lipinski definition) is 4. The van der Waals surface area contributed by atoms with Crippen LogP contribution >= 0.6 is 11.6 Å². The minimum atomic E-state index is -0.429. The third-order valence-electron chi connectivity index (χ3n) is 3.39. The van der Waals surface area contributed by atoms with Crippen LogP contribution < -0.4 is 5.73 Å². The van der Waals surface area contributed by atoms with Crippen LogP contribution in [0.2, 0.25) is 0 Å².